The number of esters is 1. The number of fused-ring (bicyclic) bond motifs is 1. The standard InChI is InChI=1S/C21H17F3N2O4S/c1-11-7-8-14-12(9-11)18(28)17(20(29)30-2)19(26-14)31-10-16(27)25-15-6-4-3-5-13(15)21(22,23)24/h3-9H,10H2,1-2H3,(H,25,27)(H,26,28). The first kappa shape index (κ1) is 22.4. The van der Waals surface area contributed by atoms with E-state index in [2.05, 4.69) is 10.3 Å². The molecule has 6 nitrogen and oxygen atoms in total. The van der Waals surface area contributed by atoms with Crippen molar-refractivity contribution in [2.75, 3.05) is 18.2 Å². The Balaban J connectivity index is 1.89. The van der Waals surface area contributed by atoms with Gasteiger partial charge in [-0.2, -0.15) is 13.2 Å². The number of ether oxygens (including phenoxy) is 1. The van der Waals surface area contributed by atoms with Crippen LogP contribution in [0.2, 0.25) is 0 Å². The number of aromatic amines is 1. The Hall–Kier alpha value is -3.27. The highest BCUT2D eigenvalue weighted by Crippen LogP contribution is 2.34. The third kappa shape index (κ3) is 4.91. The lowest BCUT2D eigenvalue weighted by Gasteiger charge is -2.14. The fraction of sp³-hybridized carbons (Fsp3) is 0.190. The van der Waals surface area contributed by atoms with E-state index in [1.165, 1.54) is 12.1 Å². The molecule has 10 heteroatoms. The Bertz CT molecular complexity index is 1220. The normalized spacial score (nSPS) is 11.4. The molecule has 0 atom stereocenters. The van der Waals surface area contributed by atoms with Crippen molar-refractivity contribution in [3.8, 4) is 0 Å². The van der Waals surface area contributed by atoms with Crippen molar-refractivity contribution in [1.82, 2.24) is 4.98 Å². The second-order valence-electron chi connectivity index (χ2n) is 6.58. The number of carbonyl (C=O) groups excluding carboxylic acids is 2. The van der Waals surface area contributed by atoms with Gasteiger partial charge in [-0.25, -0.2) is 4.79 Å². The van der Waals surface area contributed by atoms with E-state index in [9.17, 15) is 27.6 Å². The van der Waals surface area contributed by atoms with Gasteiger partial charge in [0.2, 0.25) is 11.3 Å². The number of aromatic nitrogens is 1. The summed E-state index contributed by atoms with van der Waals surface area (Å²) in [7, 11) is 1.12. The summed E-state index contributed by atoms with van der Waals surface area (Å²) in [5, 5.41) is 2.60. The van der Waals surface area contributed by atoms with E-state index in [1.54, 1.807) is 25.1 Å². The van der Waals surface area contributed by atoms with Gasteiger partial charge in [0.05, 0.1) is 34.7 Å². The lowest BCUT2D eigenvalue weighted by molar-refractivity contribution is -0.137. The van der Waals surface area contributed by atoms with E-state index in [-0.39, 0.29) is 27.4 Å². The van der Waals surface area contributed by atoms with Crippen molar-refractivity contribution in [2.45, 2.75) is 18.1 Å². The first-order chi connectivity index (χ1) is 14.6. The Morgan fingerprint density at radius 3 is 2.55 bits per heavy atom. The number of benzene rings is 2. The predicted molar refractivity (Wildman–Crippen MR) is 111 cm³/mol. The number of thioether (sulfide) groups is 1. The van der Waals surface area contributed by atoms with Crippen LogP contribution in [0.1, 0.15) is 21.5 Å². The van der Waals surface area contributed by atoms with E-state index in [1.807, 2.05) is 0 Å². The minimum Gasteiger partial charge on any atom is -0.465 e. The number of methoxy groups -OCH3 is 1. The number of hydrogen-bond donors (Lipinski definition) is 2. The number of rotatable bonds is 5. The Morgan fingerprint density at radius 1 is 1.16 bits per heavy atom. The molecule has 3 aromatic rings. The quantitative estimate of drug-likeness (QED) is 0.445. The van der Waals surface area contributed by atoms with Crippen molar-refractivity contribution in [3.05, 3.63) is 69.4 Å². The van der Waals surface area contributed by atoms with Crippen LogP contribution in [0.25, 0.3) is 10.9 Å². The molecule has 0 saturated carbocycles. The number of halogens is 3. The monoisotopic (exact) mass is 450 g/mol. The molecule has 162 valence electrons. The number of carbonyl (C=O) groups is 2. The zero-order valence-corrected chi connectivity index (χ0v) is 17.2. The highest BCUT2D eigenvalue weighted by molar-refractivity contribution is 8.00. The number of aryl methyl sites for hydroxylation is 1. The van der Waals surface area contributed by atoms with Gasteiger partial charge >= 0.3 is 12.1 Å². The fourth-order valence-corrected chi connectivity index (χ4v) is 3.79. The van der Waals surface area contributed by atoms with E-state index in [0.717, 1.165) is 36.6 Å². The highest BCUT2D eigenvalue weighted by Gasteiger charge is 2.33. The molecule has 2 aromatic carbocycles. The number of anilines is 1. The first-order valence-electron chi connectivity index (χ1n) is 8.95. The lowest BCUT2D eigenvalue weighted by atomic mass is 10.1. The molecule has 0 aliphatic rings. The molecule has 1 heterocycles. The molecule has 31 heavy (non-hydrogen) atoms. The lowest BCUT2D eigenvalue weighted by Crippen LogP contribution is -2.21. The molecule has 0 aliphatic heterocycles. The van der Waals surface area contributed by atoms with E-state index >= 15 is 0 Å². The van der Waals surface area contributed by atoms with Crippen molar-refractivity contribution >= 4 is 40.2 Å². The molecular weight excluding hydrogens is 433 g/mol. The number of H-pyrrole nitrogens is 1. The largest absolute Gasteiger partial charge is 0.465 e. The third-order valence-corrected chi connectivity index (χ3v) is 5.37. The second-order valence-corrected chi connectivity index (χ2v) is 7.56. The smallest absolute Gasteiger partial charge is 0.418 e. The number of amides is 1. The summed E-state index contributed by atoms with van der Waals surface area (Å²) in [6.45, 7) is 1.79. The van der Waals surface area contributed by atoms with Crippen LogP contribution < -0.4 is 10.7 Å². The van der Waals surface area contributed by atoms with Crippen molar-refractivity contribution in [3.63, 3.8) is 0 Å². The van der Waals surface area contributed by atoms with Crippen LogP contribution in [0.5, 0.6) is 0 Å². The number of hydrogen-bond acceptors (Lipinski definition) is 5. The Kier molecular flexibility index (Phi) is 6.40. The van der Waals surface area contributed by atoms with Crippen LogP contribution in [0.15, 0.2) is 52.3 Å². The predicted octanol–water partition coefficient (Wildman–Crippen LogP) is 4.37. The van der Waals surface area contributed by atoms with Gasteiger partial charge in [0, 0.05) is 5.39 Å². The average molecular weight is 450 g/mol. The minimum atomic E-state index is -4.63. The molecule has 1 aromatic heterocycles. The molecule has 0 saturated heterocycles. The van der Waals surface area contributed by atoms with E-state index < -0.39 is 29.0 Å². The van der Waals surface area contributed by atoms with Gasteiger partial charge in [-0.3, -0.25) is 9.59 Å². The molecule has 1 amide bonds. The van der Waals surface area contributed by atoms with Crippen molar-refractivity contribution in [1.29, 1.82) is 0 Å². The summed E-state index contributed by atoms with van der Waals surface area (Å²) in [6.07, 6.45) is -4.63. The maximum Gasteiger partial charge on any atom is 0.418 e. The number of pyridine rings is 1. The molecular formula is C21H17F3N2O4S. The van der Waals surface area contributed by atoms with Crippen LogP contribution in [0.3, 0.4) is 0 Å². The van der Waals surface area contributed by atoms with Crippen molar-refractivity contribution in [2.24, 2.45) is 0 Å². The molecule has 0 unspecified atom stereocenters. The Morgan fingerprint density at radius 2 is 1.87 bits per heavy atom. The summed E-state index contributed by atoms with van der Waals surface area (Å²) in [6, 6.07) is 9.65. The summed E-state index contributed by atoms with van der Waals surface area (Å²) in [5.41, 5.74) is -0.913. The highest BCUT2D eigenvalue weighted by atomic mass is 32.2. The maximum absolute atomic E-state index is 13.1. The molecule has 0 bridgehead atoms. The van der Waals surface area contributed by atoms with E-state index in [4.69, 9.17) is 4.74 Å². The minimum absolute atomic E-state index is 0.0902. The zero-order chi connectivity index (χ0) is 22.8. The molecule has 0 radical (unpaired) electrons. The molecule has 0 fully saturated rings. The SMILES string of the molecule is COC(=O)c1c(SCC(=O)Nc2ccccc2C(F)(F)F)[nH]c2ccc(C)cc2c1=O. The van der Waals surface area contributed by atoms with E-state index in [0.29, 0.717) is 5.52 Å². The topological polar surface area (TPSA) is 88.3 Å². The summed E-state index contributed by atoms with van der Waals surface area (Å²) < 4.78 is 44.0. The fourth-order valence-electron chi connectivity index (χ4n) is 2.94. The number of para-hydroxylation sites is 1. The van der Waals surface area contributed by atoms with Gasteiger partial charge in [0.15, 0.2) is 0 Å². The molecule has 3 rings (SSSR count). The van der Waals surface area contributed by atoms with Gasteiger partial charge in [-0.05, 0) is 31.2 Å². The zero-order valence-electron chi connectivity index (χ0n) is 16.4. The summed E-state index contributed by atoms with van der Waals surface area (Å²) in [4.78, 5) is 40.3. The molecule has 2 N–H and O–H groups in total. The van der Waals surface area contributed by atoms with Gasteiger partial charge in [-0.1, -0.05) is 35.5 Å². The van der Waals surface area contributed by atoms with Gasteiger partial charge in [0.25, 0.3) is 0 Å². The van der Waals surface area contributed by atoms with Crippen LogP contribution in [0, 0.1) is 6.92 Å². The first-order valence-corrected chi connectivity index (χ1v) is 9.94. The average Bonchev–Trinajstić information content (AvgIpc) is 2.72. The van der Waals surface area contributed by atoms with Gasteiger partial charge in [-0.15, -0.1) is 0 Å². The van der Waals surface area contributed by atoms with Crippen LogP contribution in [0.4, 0.5) is 18.9 Å². The van der Waals surface area contributed by atoms with Gasteiger partial charge in [0.1, 0.15) is 5.56 Å². The second kappa shape index (κ2) is 8.84. The van der Waals surface area contributed by atoms with Crippen LogP contribution >= 0.6 is 11.8 Å². The van der Waals surface area contributed by atoms with Crippen LogP contribution in [-0.4, -0.2) is 29.7 Å². The molecule has 0 spiro atoms. The number of alkyl halides is 3. The number of nitrogens with one attached hydrogen (secondary N) is 2. The van der Waals surface area contributed by atoms with Gasteiger partial charge < -0.3 is 15.0 Å². The summed E-state index contributed by atoms with van der Waals surface area (Å²) >= 11 is 0.815. The molecule has 0 aliphatic carbocycles. The van der Waals surface area contributed by atoms with Crippen LogP contribution in [-0.2, 0) is 15.7 Å². The Labute approximate surface area is 178 Å². The third-order valence-electron chi connectivity index (χ3n) is 4.37. The summed E-state index contributed by atoms with van der Waals surface area (Å²) in [5.74, 6) is -1.96. The van der Waals surface area contributed by atoms with Crippen molar-refractivity contribution < 1.29 is 27.5 Å². The maximum atomic E-state index is 13.1.